The van der Waals surface area contributed by atoms with Crippen LogP contribution in [0.4, 0.5) is 22.0 Å². The lowest BCUT2D eigenvalue weighted by Gasteiger charge is -2.16. The van der Waals surface area contributed by atoms with Gasteiger partial charge in [0.25, 0.3) is 0 Å². The van der Waals surface area contributed by atoms with E-state index in [1.807, 2.05) is 0 Å². The van der Waals surface area contributed by atoms with E-state index in [4.69, 9.17) is 14.5 Å². The Morgan fingerprint density at radius 2 is 1.84 bits per heavy atom. The van der Waals surface area contributed by atoms with Crippen LogP contribution in [0.1, 0.15) is 17.7 Å². The summed E-state index contributed by atoms with van der Waals surface area (Å²) in [6, 6.07) is 4.26. The van der Waals surface area contributed by atoms with Crippen LogP contribution in [-0.2, 0) is 10.2 Å². The third kappa shape index (κ3) is 4.51. The average Bonchev–Trinajstić information content (AvgIpc) is 2.80. The Morgan fingerprint density at radius 3 is 2.40 bits per heavy atom. The van der Waals surface area contributed by atoms with Gasteiger partial charge in [0.2, 0.25) is 0 Å². The number of hydrogen-bond acceptors (Lipinski definition) is 3. The van der Waals surface area contributed by atoms with Crippen LogP contribution >= 0.6 is 34.9 Å². The summed E-state index contributed by atoms with van der Waals surface area (Å²) in [6.07, 6.45) is -5.67. The highest BCUT2D eigenvalue weighted by Crippen LogP contribution is 2.63. The lowest BCUT2D eigenvalue weighted by Crippen LogP contribution is -2.12. The molecule has 0 amide bonds. The van der Waals surface area contributed by atoms with Crippen molar-refractivity contribution in [3.8, 4) is 5.75 Å². The molecular weight excluding hydrogens is 458 g/mol. The molecule has 0 aliphatic rings. The molecule has 0 saturated carbocycles. The second-order valence-electron chi connectivity index (χ2n) is 5.03. The van der Waals surface area contributed by atoms with Gasteiger partial charge in [-0.2, -0.15) is 22.0 Å². The van der Waals surface area contributed by atoms with Crippen LogP contribution in [0.3, 0.4) is 0 Å². The van der Waals surface area contributed by atoms with Crippen molar-refractivity contribution in [3.05, 3.63) is 27.5 Å². The van der Waals surface area contributed by atoms with E-state index in [9.17, 15) is 26.5 Å². The molecule has 0 saturated heterocycles. The molecule has 2 aromatic rings. The first-order chi connectivity index (χ1) is 11.3. The molecule has 2 N–H and O–H groups in total. The fraction of sp³-hybridized carbons (Fsp3) is 0.385. The zero-order chi connectivity index (χ0) is 19.0. The lowest BCUT2D eigenvalue weighted by atomic mass is 10.2. The van der Waals surface area contributed by atoms with Gasteiger partial charge in [-0.15, -0.1) is 11.3 Å². The predicted molar refractivity (Wildman–Crippen MR) is 86.2 cm³/mol. The van der Waals surface area contributed by atoms with Gasteiger partial charge in [-0.05, 0) is 28.4 Å². The van der Waals surface area contributed by atoms with Crippen LogP contribution in [-0.4, -0.2) is 22.6 Å². The van der Waals surface area contributed by atoms with Crippen molar-refractivity contribution < 1.29 is 41.0 Å². The molecule has 0 bridgehead atoms. The molecule has 0 atom stereocenters. The second-order valence-corrected chi connectivity index (χ2v) is 8.49. The fourth-order valence-electron chi connectivity index (χ4n) is 1.96. The van der Waals surface area contributed by atoms with Crippen LogP contribution in [0.2, 0.25) is 0 Å². The van der Waals surface area contributed by atoms with Crippen molar-refractivity contribution in [2.45, 2.75) is 24.7 Å². The molecule has 0 aliphatic carbocycles. The maximum absolute atomic E-state index is 14.0. The van der Waals surface area contributed by atoms with Gasteiger partial charge in [-0.3, -0.25) is 4.57 Å². The molecule has 0 spiro atoms. The minimum Gasteiger partial charge on any atom is -0.492 e. The Hall–Kier alpha value is -0.740. The number of rotatable bonds is 6. The van der Waals surface area contributed by atoms with Gasteiger partial charge in [0, 0.05) is 16.3 Å². The molecule has 0 fully saturated rings. The van der Waals surface area contributed by atoms with Crippen molar-refractivity contribution in [3.63, 3.8) is 0 Å². The van der Waals surface area contributed by atoms with Crippen molar-refractivity contribution in [1.82, 2.24) is 0 Å². The van der Waals surface area contributed by atoms with E-state index in [2.05, 4.69) is 15.9 Å². The minimum absolute atomic E-state index is 0.0677. The van der Waals surface area contributed by atoms with E-state index in [-0.39, 0.29) is 33.3 Å². The quantitative estimate of drug-likeness (QED) is 0.328. The molecule has 1 heterocycles. The van der Waals surface area contributed by atoms with Crippen LogP contribution in [0.25, 0.3) is 10.1 Å². The summed E-state index contributed by atoms with van der Waals surface area (Å²) in [5, 5.41) is 0.224. The molecule has 25 heavy (non-hydrogen) atoms. The topological polar surface area (TPSA) is 66.8 Å². The third-order valence-electron chi connectivity index (χ3n) is 3.12. The van der Waals surface area contributed by atoms with Crippen molar-refractivity contribution in [2.75, 3.05) is 6.61 Å². The SMILES string of the molecule is O=P(O)(O)C(F)(F)c1sc2c(OCCCC(F)(F)F)cccc2c1Br. The number of benzene rings is 1. The van der Waals surface area contributed by atoms with Gasteiger partial charge in [0.15, 0.2) is 0 Å². The molecule has 0 radical (unpaired) electrons. The number of thiophene rings is 1. The van der Waals surface area contributed by atoms with Crippen molar-refractivity contribution in [2.24, 2.45) is 0 Å². The van der Waals surface area contributed by atoms with Crippen LogP contribution in [0.15, 0.2) is 22.7 Å². The van der Waals surface area contributed by atoms with Gasteiger partial charge < -0.3 is 14.5 Å². The number of hydrogen-bond donors (Lipinski definition) is 2. The minimum atomic E-state index is -5.75. The lowest BCUT2D eigenvalue weighted by molar-refractivity contribution is -0.136. The van der Waals surface area contributed by atoms with E-state index in [1.165, 1.54) is 18.2 Å². The van der Waals surface area contributed by atoms with Crippen LogP contribution in [0, 0.1) is 0 Å². The third-order valence-corrected chi connectivity index (χ3v) is 6.60. The first kappa shape index (κ1) is 20.6. The van der Waals surface area contributed by atoms with Crippen molar-refractivity contribution >= 4 is 44.9 Å². The summed E-state index contributed by atoms with van der Waals surface area (Å²) in [5.41, 5.74) is -4.40. The van der Waals surface area contributed by atoms with Crippen LogP contribution < -0.4 is 4.74 Å². The first-order valence-corrected chi connectivity index (χ1v) is 9.91. The molecule has 140 valence electrons. The van der Waals surface area contributed by atoms with Gasteiger partial charge in [0.1, 0.15) is 10.6 Å². The zero-order valence-corrected chi connectivity index (χ0v) is 15.5. The van der Waals surface area contributed by atoms with E-state index >= 15 is 0 Å². The predicted octanol–water partition coefficient (Wildman–Crippen LogP) is 5.61. The smallest absolute Gasteiger partial charge is 0.400 e. The van der Waals surface area contributed by atoms with E-state index < -0.39 is 30.7 Å². The highest BCUT2D eigenvalue weighted by Gasteiger charge is 2.53. The number of ether oxygens (including phenoxy) is 1. The summed E-state index contributed by atoms with van der Waals surface area (Å²) in [4.78, 5) is 16.9. The molecule has 12 heteroatoms. The van der Waals surface area contributed by atoms with Crippen LogP contribution in [0.5, 0.6) is 5.75 Å². The number of halogens is 6. The first-order valence-electron chi connectivity index (χ1n) is 6.69. The molecule has 1 aromatic carbocycles. The summed E-state index contributed by atoms with van der Waals surface area (Å²) in [7, 11) is -5.75. The number of alkyl halides is 5. The van der Waals surface area contributed by atoms with Gasteiger partial charge in [0.05, 0.1) is 11.3 Å². The van der Waals surface area contributed by atoms with Crippen molar-refractivity contribution in [1.29, 1.82) is 0 Å². The Kier molecular flexibility index (Phi) is 5.85. The Bertz CT molecular complexity index is 817. The van der Waals surface area contributed by atoms with Gasteiger partial charge in [-0.25, -0.2) is 0 Å². The molecular formula is C13H11BrF5O4PS. The summed E-state index contributed by atoms with van der Waals surface area (Å²) < 4.78 is 80.6. The van der Waals surface area contributed by atoms with Gasteiger partial charge in [-0.1, -0.05) is 12.1 Å². The molecule has 4 nitrogen and oxygen atoms in total. The molecule has 0 unspecified atom stereocenters. The maximum Gasteiger partial charge on any atom is 0.400 e. The highest BCUT2D eigenvalue weighted by molar-refractivity contribution is 9.10. The Labute approximate surface area is 150 Å². The molecule has 0 aliphatic heterocycles. The number of fused-ring (bicyclic) bond motifs is 1. The maximum atomic E-state index is 14.0. The summed E-state index contributed by atoms with van der Waals surface area (Å²) in [5.74, 6) is 0.0677. The van der Waals surface area contributed by atoms with E-state index in [1.54, 1.807) is 0 Å². The molecule has 1 aromatic heterocycles. The highest BCUT2D eigenvalue weighted by atomic mass is 79.9. The Balaban J connectivity index is 2.33. The average molecular weight is 469 g/mol. The fourth-order valence-corrected chi connectivity index (χ4v) is 4.97. The standard InChI is InChI=1S/C13H11BrF5O4PS/c14-9-7-3-1-4-8(23-6-2-5-12(15,16)17)10(7)25-11(9)13(18,19)24(20,21)22/h1,3-4H,2,5-6H2,(H2,20,21,22). The summed E-state index contributed by atoms with van der Waals surface area (Å²) >= 11 is 3.32. The van der Waals surface area contributed by atoms with E-state index in [0.29, 0.717) is 11.3 Å². The monoisotopic (exact) mass is 468 g/mol. The summed E-state index contributed by atoms with van der Waals surface area (Å²) in [6.45, 7) is -0.279. The normalized spacial score (nSPS) is 13.4. The zero-order valence-electron chi connectivity index (χ0n) is 12.2. The molecule has 2 rings (SSSR count). The van der Waals surface area contributed by atoms with E-state index in [0.717, 1.165) is 0 Å². The van der Waals surface area contributed by atoms with Gasteiger partial charge >= 0.3 is 19.4 Å². The Morgan fingerprint density at radius 1 is 1.20 bits per heavy atom. The second kappa shape index (κ2) is 7.11. The largest absolute Gasteiger partial charge is 0.492 e.